The Kier molecular flexibility index (Phi) is 28.1. The Bertz CT molecular complexity index is 1220. The van der Waals surface area contributed by atoms with E-state index in [4.69, 9.17) is 60.6 Å². The van der Waals surface area contributed by atoms with Crippen LogP contribution in [0.3, 0.4) is 0 Å². The van der Waals surface area contributed by atoms with E-state index in [0.29, 0.717) is 45.5 Å². The van der Waals surface area contributed by atoms with Gasteiger partial charge in [0.2, 0.25) is 0 Å². The predicted molar refractivity (Wildman–Crippen MR) is 204 cm³/mol. The van der Waals surface area contributed by atoms with Gasteiger partial charge < -0.3 is 37.9 Å². The van der Waals surface area contributed by atoms with Crippen LogP contribution in [0, 0.1) is 10.8 Å². The van der Waals surface area contributed by atoms with Crippen LogP contribution in [0.25, 0.3) is 20.9 Å². The van der Waals surface area contributed by atoms with Gasteiger partial charge in [-0.15, -0.1) is 11.6 Å². The third-order valence-electron chi connectivity index (χ3n) is 6.32. The molecule has 0 spiro atoms. The molecule has 312 valence electrons. The maximum Gasteiger partial charge on any atom is 0.320 e. The fourth-order valence-corrected chi connectivity index (χ4v) is 4.79. The van der Waals surface area contributed by atoms with Crippen molar-refractivity contribution in [2.75, 3.05) is 78.5 Å². The summed E-state index contributed by atoms with van der Waals surface area (Å²) >= 11 is 8.77. The second-order valence-electron chi connectivity index (χ2n) is 14.8. The molecule has 0 saturated heterocycles. The average molecular weight is 860 g/mol. The van der Waals surface area contributed by atoms with E-state index in [1.807, 2.05) is 0 Å². The number of halogens is 2. The van der Waals surface area contributed by atoms with Crippen molar-refractivity contribution < 1.29 is 57.1 Å². The van der Waals surface area contributed by atoms with Gasteiger partial charge in [0.05, 0.1) is 63.7 Å². The minimum Gasteiger partial charge on any atom is -0.463 e. The Hall–Kier alpha value is -2.89. The van der Waals surface area contributed by atoms with Crippen LogP contribution >= 0.6 is 27.5 Å². The molecule has 2 unspecified atom stereocenters. The van der Waals surface area contributed by atoms with Crippen molar-refractivity contribution in [2.45, 2.75) is 104 Å². The topological polar surface area (TPSA) is 240 Å². The Labute approximate surface area is 332 Å². The maximum atomic E-state index is 12.3. The van der Waals surface area contributed by atoms with Crippen LogP contribution < -0.4 is 0 Å². The lowest BCUT2D eigenvalue weighted by atomic mass is 9.86. The molecule has 18 nitrogen and oxygen atoms in total. The van der Waals surface area contributed by atoms with Crippen LogP contribution in [0.5, 0.6) is 0 Å². The molecule has 0 rings (SSSR count). The highest BCUT2D eigenvalue weighted by atomic mass is 79.9. The molecule has 0 radical (unpaired) electrons. The number of hydrogen-bond acceptors (Lipinski definition) is 14. The van der Waals surface area contributed by atoms with Gasteiger partial charge in [-0.25, -0.2) is 0 Å². The summed E-state index contributed by atoms with van der Waals surface area (Å²) in [5.74, 6) is -1.57. The van der Waals surface area contributed by atoms with Crippen molar-refractivity contribution >= 4 is 51.4 Å². The highest BCUT2D eigenvalue weighted by molar-refractivity contribution is 9.10. The largest absolute Gasteiger partial charge is 0.463 e. The zero-order valence-corrected chi connectivity index (χ0v) is 35.7. The Balaban J connectivity index is 0. The van der Waals surface area contributed by atoms with E-state index in [0.717, 1.165) is 0 Å². The van der Waals surface area contributed by atoms with Gasteiger partial charge in [0.1, 0.15) is 35.3 Å². The number of nitrogens with zero attached hydrogens (tertiary/aromatic N) is 6. The van der Waals surface area contributed by atoms with Crippen LogP contribution in [0.15, 0.2) is 10.2 Å². The fraction of sp³-hybridized carbons (Fsp3) is 0.882. The number of carbonyl (C=O) groups excluding carboxylic acids is 4. The van der Waals surface area contributed by atoms with Gasteiger partial charge in [-0.2, -0.15) is 0 Å². The van der Waals surface area contributed by atoms with Crippen LogP contribution in [0.4, 0.5) is 0 Å². The number of hydrogen-bond donors (Lipinski definition) is 0. The van der Waals surface area contributed by atoms with E-state index < -0.39 is 50.8 Å². The van der Waals surface area contributed by atoms with Crippen LogP contribution in [-0.4, -0.2) is 124 Å². The van der Waals surface area contributed by atoms with Crippen LogP contribution in [0.2, 0.25) is 0 Å². The molecule has 54 heavy (non-hydrogen) atoms. The summed E-state index contributed by atoms with van der Waals surface area (Å²) in [6, 6.07) is -1.14. The zero-order valence-electron chi connectivity index (χ0n) is 33.4. The van der Waals surface area contributed by atoms with Crippen molar-refractivity contribution in [1.82, 2.24) is 0 Å². The van der Waals surface area contributed by atoms with Crippen LogP contribution in [0.1, 0.15) is 82.1 Å². The molecular weight excluding hydrogens is 800 g/mol. The summed E-state index contributed by atoms with van der Waals surface area (Å²) in [6.45, 7) is 20.3. The highest BCUT2D eigenvalue weighted by Gasteiger charge is 2.37. The number of azide groups is 2. The number of esters is 4. The number of rotatable bonds is 26. The Morgan fingerprint density at radius 1 is 0.611 bits per heavy atom. The summed E-state index contributed by atoms with van der Waals surface area (Å²) in [5, 5.41) is 6.79. The second kappa shape index (κ2) is 28.5. The highest BCUT2D eigenvalue weighted by Crippen LogP contribution is 2.29. The van der Waals surface area contributed by atoms with Gasteiger partial charge in [-0.1, -0.05) is 26.2 Å². The van der Waals surface area contributed by atoms with Crippen molar-refractivity contribution in [3.63, 3.8) is 0 Å². The molecule has 0 amide bonds. The molecule has 0 fully saturated rings. The van der Waals surface area contributed by atoms with E-state index in [9.17, 15) is 19.2 Å². The van der Waals surface area contributed by atoms with Crippen LogP contribution in [-0.2, 0) is 57.1 Å². The first-order chi connectivity index (χ1) is 25.0. The number of ether oxygens (including phenoxy) is 8. The molecule has 2 atom stereocenters. The van der Waals surface area contributed by atoms with E-state index in [-0.39, 0.29) is 51.8 Å². The lowest BCUT2D eigenvalue weighted by molar-refractivity contribution is -0.161. The quantitative estimate of drug-likeness (QED) is 0.0169. The second-order valence-corrected chi connectivity index (χ2v) is 16.3. The van der Waals surface area contributed by atoms with Gasteiger partial charge in [-0.3, -0.25) is 19.2 Å². The molecule has 0 bridgehead atoms. The zero-order chi connectivity index (χ0) is 41.8. The molecule has 20 heteroatoms. The van der Waals surface area contributed by atoms with Crippen molar-refractivity contribution in [3.05, 3.63) is 20.9 Å². The number of alkyl halides is 2. The van der Waals surface area contributed by atoms with Gasteiger partial charge >= 0.3 is 23.9 Å². The smallest absolute Gasteiger partial charge is 0.320 e. The van der Waals surface area contributed by atoms with Gasteiger partial charge in [-0.05, 0) is 93.1 Å². The molecule has 0 aliphatic heterocycles. The minimum atomic E-state index is -1.14. The average Bonchev–Trinajstić information content (AvgIpc) is 3.04. The van der Waals surface area contributed by atoms with Crippen molar-refractivity contribution in [3.8, 4) is 0 Å². The third kappa shape index (κ3) is 29.5. The molecule has 0 aromatic heterocycles. The van der Waals surface area contributed by atoms with E-state index in [1.165, 1.54) is 0 Å². The van der Waals surface area contributed by atoms with Gasteiger partial charge in [0, 0.05) is 22.2 Å². The molecule has 0 aliphatic carbocycles. The molecule has 0 aliphatic rings. The minimum absolute atomic E-state index is 0.0274. The first-order valence-electron chi connectivity index (χ1n) is 17.4. The summed E-state index contributed by atoms with van der Waals surface area (Å²) in [7, 11) is 0. The van der Waals surface area contributed by atoms with Crippen molar-refractivity contribution in [1.29, 1.82) is 0 Å². The number of carbonyl (C=O) groups is 4. The molecule has 0 N–H and O–H groups in total. The van der Waals surface area contributed by atoms with E-state index >= 15 is 0 Å². The molecular formula is C34H60BrClN6O12. The molecule has 0 saturated carbocycles. The fourth-order valence-electron chi connectivity index (χ4n) is 3.78. The summed E-state index contributed by atoms with van der Waals surface area (Å²) < 4.78 is 41.8. The lowest BCUT2D eigenvalue weighted by Gasteiger charge is -2.27. The monoisotopic (exact) mass is 858 g/mol. The Morgan fingerprint density at radius 3 is 1.44 bits per heavy atom. The van der Waals surface area contributed by atoms with Crippen molar-refractivity contribution in [2.24, 2.45) is 21.1 Å². The first kappa shape index (κ1) is 53.2. The Morgan fingerprint density at radius 2 is 1.02 bits per heavy atom. The molecule has 0 aromatic carbocycles. The predicted octanol–water partition coefficient (Wildman–Crippen LogP) is 6.63. The first-order valence-corrected chi connectivity index (χ1v) is 18.8. The third-order valence-corrected chi connectivity index (χ3v) is 7.17. The molecule has 0 heterocycles. The SMILES string of the molecule is CC(C)(C)OC(=O)C(Br)CC(C)(C)C(=O)OCCOCCOCCCl.CC(C)(C)OC(=O)C(CC(C)(C)C(=O)OCCOCCOCCN=[N+]=[N-])N=[N+]=[N-]. The summed E-state index contributed by atoms with van der Waals surface area (Å²) in [5.41, 5.74) is 13.6. The standard InChI is InChI=1S/C17H30BrClO6.C17H30N6O6/c1-16(2,3)25-14(20)13(18)12-17(4,5)15(21)24-11-10-23-9-8-22-7-6-19;1-16(2,3)29-14(24)13(21-23-19)12-17(4,5)15(25)28-11-10-27-9-8-26-7-6-20-22-18/h13H,6-12H2,1-5H3;13H,6-12H2,1-5H3. The maximum absolute atomic E-state index is 12.3. The summed E-state index contributed by atoms with van der Waals surface area (Å²) in [6.07, 6.45) is 0.221. The van der Waals surface area contributed by atoms with E-state index in [2.05, 4.69) is 36.0 Å². The summed E-state index contributed by atoms with van der Waals surface area (Å²) in [4.78, 5) is 53.4. The van der Waals surface area contributed by atoms with Gasteiger partial charge in [0.25, 0.3) is 0 Å². The van der Waals surface area contributed by atoms with Gasteiger partial charge in [0.15, 0.2) is 0 Å². The van der Waals surface area contributed by atoms with E-state index in [1.54, 1.807) is 69.2 Å². The molecule has 0 aromatic rings. The normalized spacial score (nSPS) is 12.8. The lowest BCUT2D eigenvalue weighted by Crippen LogP contribution is -2.37.